The topological polar surface area (TPSA) is 68.3 Å². The number of hydrogen-bond acceptors (Lipinski definition) is 6. The predicted octanol–water partition coefficient (Wildman–Crippen LogP) is 4.10. The molecule has 1 atom stereocenters. The van der Waals surface area contributed by atoms with Gasteiger partial charge in [-0.1, -0.05) is 18.2 Å². The molecule has 26 heavy (non-hydrogen) atoms. The van der Waals surface area contributed by atoms with Crippen molar-refractivity contribution in [3.05, 3.63) is 51.7 Å². The van der Waals surface area contributed by atoms with Crippen molar-refractivity contribution in [3.63, 3.8) is 0 Å². The van der Waals surface area contributed by atoms with Crippen LogP contribution in [-0.2, 0) is 20.7 Å². The Labute approximate surface area is 160 Å². The summed E-state index contributed by atoms with van der Waals surface area (Å²) in [5.41, 5.74) is 0.992. The van der Waals surface area contributed by atoms with Crippen molar-refractivity contribution in [1.82, 2.24) is 10.3 Å². The largest absolute Gasteiger partial charge is 0.456 e. The average molecular weight is 389 g/mol. The quantitative estimate of drug-likeness (QED) is 0.590. The molecule has 0 spiro atoms. The van der Waals surface area contributed by atoms with Gasteiger partial charge >= 0.3 is 5.97 Å². The molecule has 2 heterocycles. The monoisotopic (exact) mass is 388 g/mol. The van der Waals surface area contributed by atoms with Crippen LogP contribution in [0.2, 0.25) is 0 Å². The molecule has 5 nitrogen and oxygen atoms in total. The summed E-state index contributed by atoms with van der Waals surface area (Å²) in [7, 11) is 0. The number of carbonyl (C=O) groups excluding carboxylic acids is 2. The lowest BCUT2D eigenvalue weighted by atomic mass is 10.2. The van der Waals surface area contributed by atoms with Crippen LogP contribution in [0.4, 0.5) is 0 Å². The van der Waals surface area contributed by atoms with Crippen LogP contribution in [0.3, 0.4) is 0 Å². The second kappa shape index (κ2) is 8.91. The van der Waals surface area contributed by atoms with Crippen LogP contribution in [0.25, 0.3) is 10.2 Å². The number of thiazole rings is 1. The fraction of sp³-hybridized carbons (Fsp3) is 0.316. The van der Waals surface area contributed by atoms with Gasteiger partial charge in [0.1, 0.15) is 0 Å². The van der Waals surface area contributed by atoms with Gasteiger partial charge in [0, 0.05) is 11.3 Å². The van der Waals surface area contributed by atoms with Crippen molar-refractivity contribution < 1.29 is 14.3 Å². The minimum Gasteiger partial charge on any atom is -0.456 e. The van der Waals surface area contributed by atoms with Crippen LogP contribution >= 0.6 is 22.7 Å². The summed E-state index contributed by atoms with van der Waals surface area (Å²) in [6.45, 7) is 1.67. The van der Waals surface area contributed by atoms with E-state index < -0.39 is 0 Å². The molecule has 0 aliphatic rings. The van der Waals surface area contributed by atoms with Gasteiger partial charge in [-0.2, -0.15) is 0 Å². The molecule has 0 fully saturated rings. The molecule has 0 unspecified atom stereocenters. The number of esters is 1. The second-order valence-corrected chi connectivity index (χ2v) is 7.99. The molecule has 0 bridgehead atoms. The number of nitrogens with zero attached hydrogens (tertiary/aromatic N) is 1. The molecular weight excluding hydrogens is 368 g/mol. The third-order valence-electron chi connectivity index (χ3n) is 3.82. The zero-order valence-corrected chi connectivity index (χ0v) is 16.1. The van der Waals surface area contributed by atoms with Crippen LogP contribution in [0, 0.1) is 0 Å². The molecule has 0 aliphatic heterocycles. The Bertz CT molecular complexity index is 841. The Hall–Kier alpha value is -2.25. The summed E-state index contributed by atoms with van der Waals surface area (Å²) in [6, 6.07) is 11.8. The predicted molar refractivity (Wildman–Crippen MR) is 104 cm³/mol. The lowest BCUT2D eigenvalue weighted by Crippen LogP contribution is -2.30. The SMILES string of the molecule is C[C@H](NC(=O)COC(=O)CCCc1nc2ccccc2s1)c1cccs1. The highest BCUT2D eigenvalue weighted by molar-refractivity contribution is 7.18. The number of fused-ring (bicyclic) bond motifs is 1. The molecule has 3 rings (SSSR count). The Balaban J connectivity index is 1.35. The Kier molecular flexibility index (Phi) is 6.35. The first-order valence-electron chi connectivity index (χ1n) is 8.44. The van der Waals surface area contributed by atoms with Crippen molar-refractivity contribution >= 4 is 44.8 Å². The van der Waals surface area contributed by atoms with E-state index in [0.29, 0.717) is 6.42 Å². The van der Waals surface area contributed by atoms with Crippen LogP contribution in [0.1, 0.15) is 35.7 Å². The molecule has 0 radical (unpaired) electrons. The molecule has 1 amide bonds. The number of amides is 1. The van der Waals surface area contributed by atoms with E-state index in [1.54, 1.807) is 22.7 Å². The summed E-state index contributed by atoms with van der Waals surface area (Å²) in [4.78, 5) is 29.3. The summed E-state index contributed by atoms with van der Waals surface area (Å²) in [6.07, 6.45) is 1.67. The molecule has 2 aromatic heterocycles. The second-order valence-electron chi connectivity index (χ2n) is 5.89. The Morgan fingerprint density at radius 2 is 2.08 bits per heavy atom. The maximum Gasteiger partial charge on any atom is 0.306 e. The van der Waals surface area contributed by atoms with Crippen LogP contribution in [0.5, 0.6) is 0 Å². The highest BCUT2D eigenvalue weighted by Gasteiger charge is 2.13. The minimum atomic E-state index is -0.356. The molecule has 0 saturated heterocycles. The Morgan fingerprint density at radius 3 is 2.85 bits per heavy atom. The lowest BCUT2D eigenvalue weighted by molar-refractivity contribution is -0.148. The van der Waals surface area contributed by atoms with Gasteiger partial charge in [0.2, 0.25) is 0 Å². The van der Waals surface area contributed by atoms with E-state index >= 15 is 0 Å². The highest BCUT2D eigenvalue weighted by atomic mass is 32.1. The van der Waals surface area contributed by atoms with Crippen molar-refractivity contribution in [2.45, 2.75) is 32.2 Å². The zero-order valence-electron chi connectivity index (χ0n) is 14.4. The number of aromatic nitrogens is 1. The van der Waals surface area contributed by atoms with Crippen LogP contribution < -0.4 is 5.32 Å². The third kappa shape index (κ3) is 5.12. The van der Waals surface area contributed by atoms with Gasteiger partial charge in [-0.15, -0.1) is 22.7 Å². The molecule has 136 valence electrons. The van der Waals surface area contributed by atoms with E-state index in [1.807, 2.05) is 48.7 Å². The van der Waals surface area contributed by atoms with Gasteiger partial charge in [-0.05, 0) is 43.3 Å². The van der Waals surface area contributed by atoms with Gasteiger partial charge in [-0.25, -0.2) is 4.98 Å². The van der Waals surface area contributed by atoms with Gasteiger partial charge in [0.15, 0.2) is 6.61 Å². The first kappa shape index (κ1) is 18.5. The van der Waals surface area contributed by atoms with Crippen LogP contribution in [-0.4, -0.2) is 23.5 Å². The fourth-order valence-electron chi connectivity index (χ4n) is 2.52. The molecule has 0 aliphatic carbocycles. The summed E-state index contributed by atoms with van der Waals surface area (Å²) in [5, 5.41) is 5.80. The smallest absolute Gasteiger partial charge is 0.306 e. The third-order valence-corrected chi connectivity index (χ3v) is 5.97. The van der Waals surface area contributed by atoms with Crippen molar-refractivity contribution in [1.29, 1.82) is 0 Å². The molecular formula is C19H20N2O3S2. The average Bonchev–Trinajstić information content (AvgIpc) is 3.29. The summed E-state index contributed by atoms with van der Waals surface area (Å²) in [5.74, 6) is -0.643. The number of thiophene rings is 1. The number of benzene rings is 1. The number of rotatable bonds is 8. The van der Waals surface area contributed by atoms with E-state index in [1.165, 1.54) is 0 Å². The standard InChI is InChI=1S/C19H20N2O3S2/c1-13(15-8-5-11-25-15)20-17(22)12-24-19(23)10-4-9-18-21-14-6-2-3-7-16(14)26-18/h2-3,5-8,11,13H,4,9-10,12H2,1H3,(H,20,22)/t13-/m0/s1. The van der Waals surface area contributed by atoms with E-state index in [2.05, 4.69) is 10.3 Å². The number of para-hydroxylation sites is 1. The number of aryl methyl sites for hydroxylation is 1. The maximum atomic E-state index is 11.9. The number of carbonyl (C=O) groups is 2. The number of hydrogen-bond donors (Lipinski definition) is 1. The number of ether oxygens (including phenoxy) is 1. The first-order valence-corrected chi connectivity index (χ1v) is 10.1. The van der Waals surface area contributed by atoms with Gasteiger partial charge < -0.3 is 10.1 Å². The van der Waals surface area contributed by atoms with Crippen molar-refractivity contribution in [2.24, 2.45) is 0 Å². The van der Waals surface area contributed by atoms with E-state index in [4.69, 9.17) is 4.74 Å². The van der Waals surface area contributed by atoms with E-state index in [-0.39, 0.29) is 30.9 Å². The zero-order chi connectivity index (χ0) is 18.4. The van der Waals surface area contributed by atoms with Gasteiger partial charge in [0.05, 0.1) is 21.3 Å². The maximum absolute atomic E-state index is 11.9. The highest BCUT2D eigenvalue weighted by Crippen LogP contribution is 2.22. The fourth-order valence-corrected chi connectivity index (χ4v) is 4.26. The molecule has 7 heteroatoms. The van der Waals surface area contributed by atoms with Crippen molar-refractivity contribution in [3.8, 4) is 0 Å². The van der Waals surface area contributed by atoms with Crippen molar-refractivity contribution in [2.75, 3.05) is 6.61 Å². The lowest BCUT2D eigenvalue weighted by Gasteiger charge is -2.12. The molecule has 3 aromatic rings. The molecule has 1 N–H and O–H groups in total. The van der Waals surface area contributed by atoms with Gasteiger partial charge in [0.25, 0.3) is 5.91 Å². The Morgan fingerprint density at radius 1 is 1.23 bits per heavy atom. The van der Waals surface area contributed by atoms with Crippen LogP contribution in [0.15, 0.2) is 41.8 Å². The summed E-state index contributed by atoms with van der Waals surface area (Å²) >= 11 is 3.23. The number of nitrogens with one attached hydrogen (secondary N) is 1. The first-order chi connectivity index (χ1) is 12.6. The summed E-state index contributed by atoms with van der Waals surface area (Å²) < 4.78 is 6.21. The molecule has 0 saturated carbocycles. The van der Waals surface area contributed by atoms with E-state index in [9.17, 15) is 9.59 Å². The normalized spacial score (nSPS) is 12.0. The minimum absolute atomic E-state index is 0.0831. The van der Waals surface area contributed by atoms with Gasteiger partial charge in [-0.3, -0.25) is 9.59 Å². The van der Waals surface area contributed by atoms with E-state index in [0.717, 1.165) is 26.5 Å². The molecule has 1 aromatic carbocycles.